The number of rotatable bonds is 3. The summed E-state index contributed by atoms with van der Waals surface area (Å²) in [6.07, 6.45) is -0.372. The zero-order valence-corrected chi connectivity index (χ0v) is 11.6. The van der Waals surface area contributed by atoms with E-state index in [1.807, 2.05) is 25.1 Å². The molecule has 0 saturated heterocycles. The van der Waals surface area contributed by atoms with Gasteiger partial charge in [0.2, 0.25) is 0 Å². The van der Waals surface area contributed by atoms with Crippen molar-refractivity contribution >= 4 is 0 Å². The average Bonchev–Trinajstić information content (AvgIpc) is 2.37. The van der Waals surface area contributed by atoms with Crippen LogP contribution in [-0.2, 0) is 6.42 Å². The van der Waals surface area contributed by atoms with E-state index in [1.54, 1.807) is 25.1 Å². The van der Waals surface area contributed by atoms with Crippen molar-refractivity contribution < 1.29 is 9.50 Å². The Balaban J connectivity index is 2.23. The lowest BCUT2D eigenvalue weighted by atomic mass is 9.97. The first-order valence-corrected chi connectivity index (χ1v) is 6.48. The Kier molecular flexibility index (Phi) is 4.01. The molecular weight excluding hydrogens is 239 g/mol. The van der Waals surface area contributed by atoms with Crippen LogP contribution in [0.1, 0.15) is 33.9 Å². The van der Waals surface area contributed by atoms with Gasteiger partial charge in [-0.15, -0.1) is 0 Å². The number of hydrogen-bond acceptors (Lipinski definition) is 1. The van der Waals surface area contributed by atoms with Crippen LogP contribution in [-0.4, -0.2) is 5.11 Å². The minimum atomic E-state index is -0.804. The van der Waals surface area contributed by atoms with E-state index in [4.69, 9.17) is 0 Å². The number of halogens is 1. The van der Waals surface area contributed by atoms with E-state index < -0.39 is 6.10 Å². The summed E-state index contributed by atoms with van der Waals surface area (Å²) in [5.41, 5.74) is 4.38. The fraction of sp³-hybridized carbons (Fsp3) is 0.294. The van der Waals surface area contributed by atoms with Gasteiger partial charge in [0, 0.05) is 12.0 Å². The second kappa shape index (κ2) is 5.54. The van der Waals surface area contributed by atoms with Crippen molar-refractivity contribution in [2.24, 2.45) is 0 Å². The van der Waals surface area contributed by atoms with Gasteiger partial charge >= 0.3 is 0 Å². The van der Waals surface area contributed by atoms with Crippen molar-refractivity contribution in [1.82, 2.24) is 0 Å². The Bertz CT molecular complexity index is 590. The highest BCUT2D eigenvalue weighted by molar-refractivity contribution is 5.32. The van der Waals surface area contributed by atoms with Crippen molar-refractivity contribution in [3.8, 4) is 0 Å². The lowest BCUT2D eigenvalue weighted by molar-refractivity contribution is 0.173. The number of benzene rings is 2. The van der Waals surface area contributed by atoms with Crippen molar-refractivity contribution in [1.29, 1.82) is 0 Å². The lowest BCUT2D eigenvalue weighted by Gasteiger charge is -2.14. The zero-order chi connectivity index (χ0) is 14.0. The van der Waals surface area contributed by atoms with Gasteiger partial charge in [0.15, 0.2) is 0 Å². The molecule has 0 bridgehead atoms. The molecule has 0 fully saturated rings. The van der Waals surface area contributed by atoms with Crippen LogP contribution in [0.3, 0.4) is 0 Å². The average molecular weight is 258 g/mol. The van der Waals surface area contributed by atoms with Crippen LogP contribution in [0.5, 0.6) is 0 Å². The molecule has 0 amide bonds. The molecule has 1 atom stereocenters. The van der Waals surface area contributed by atoms with Crippen molar-refractivity contribution in [3.63, 3.8) is 0 Å². The SMILES string of the molecule is Cc1ccc(CC(O)c2cccc(C)c2F)cc1C. The molecule has 0 spiro atoms. The summed E-state index contributed by atoms with van der Waals surface area (Å²) in [5, 5.41) is 10.2. The molecular formula is C17H19FO. The van der Waals surface area contributed by atoms with Crippen LogP contribution in [0, 0.1) is 26.6 Å². The van der Waals surface area contributed by atoms with Gasteiger partial charge in [0.05, 0.1) is 6.10 Å². The second-order valence-corrected chi connectivity index (χ2v) is 5.12. The van der Waals surface area contributed by atoms with Gasteiger partial charge in [-0.25, -0.2) is 4.39 Å². The quantitative estimate of drug-likeness (QED) is 0.881. The third-order valence-electron chi connectivity index (χ3n) is 3.58. The number of aliphatic hydroxyl groups excluding tert-OH is 1. The maximum Gasteiger partial charge on any atom is 0.131 e. The Labute approximate surface area is 113 Å². The summed E-state index contributed by atoms with van der Waals surface area (Å²) < 4.78 is 13.9. The molecule has 2 heteroatoms. The predicted molar refractivity (Wildman–Crippen MR) is 75.7 cm³/mol. The van der Waals surface area contributed by atoms with Gasteiger partial charge in [-0.1, -0.05) is 36.4 Å². The molecule has 0 radical (unpaired) electrons. The molecule has 2 rings (SSSR count). The summed E-state index contributed by atoms with van der Waals surface area (Å²) in [5.74, 6) is -0.307. The molecule has 100 valence electrons. The van der Waals surface area contributed by atoms with Gasteiger partial charge in [0.1, 0.15) is 5.82 Å². The smallest absolute Gasteiger partial charge is 0.131 e. The molecule has 0 aliphatic heterocycles. The highest BCUT2D eigenvalue weighted by Gasteiger charge is 2.14. The summed E-state index contributed by atoms with van der Waals surface area (Å²) >= 11 is 0. The first-order valence-electron chi connectivity index (χ1n) is 6.48. The fourth-order valence-corrected chi connectivity index (χ4v) is 2.19. The van der Waals surface area contributed by atoms with Crippen molar-refractivity contribution in [2.75, 3.05) is 0 Å². The van der Waals surface area contributed by atoms with E-state index in [-0.39, 0.29) is 5.82 Å². The summed E-state index contributed by atoms with van der Waals surface area (Å²) in [6.45, 7) is 5.80. The van der Waals surface area contributed by atoms with Crippen LogP contribution in [0.2, 0.25) is 0 Å². The maximum atomic E-state index is 13.9. The molecule has 19 heavy (non-hydrogen) atoms. The largest absolute Gasteiger partial charge is 0.388 e. The van der Waals surface area contributed by atoms with Gasteiger partial charge in [0.25, 0.3) is 0 Å². The van der Waals surface area contributed by atoms with E-state index in [0.29, 0.717) is 17.5 Å². The standard InChI is InChI=1S/C17H19FO/c1-11-7-8-14(9-13(11)3)10-16(19)15-6-4-5-12(2)17(15)18/h4-9,16,19H,10H2,1-3H3. The number of aliphatic hydroxyl groups is 1. The van der Waals surface area contributed by atoms with Gasteiger partial charge in [-0.2, -0.15) is 0 Å². The topological polar surface area (TPSA) is 20.2 Å². The van der Waals surface area contributed by atoms with Gasteiger partial charge in [-0.05, 0) is 43.0 Å². The van der Waals surface area contributed by atoms with Crippen LogP contribution in [0.15, 0.2) is 36.4 Å². The Morgan fingerprint density at radius 1 is 1.00 bits per heavy atom. The molecule has 0 aromatic heterocycles. The molecule has 1 nitrogen and oxygen atoms in total. The Hall–Kier alpha value is -1.67. The van der Waals surface area contributed by atoms with Gasteiger partial charge in [-0.3, -0.25) is 0 Å². The second-order valence-electron chi connectivity index (χ2n) is 5.12. The molecule has 0 aliphatic carbocycles. The number of aryl methyl sites for hydroxylation is 3. The highest BCUT2D eigenvalue weighted by atomic mass is 19.1. The van der Waals surface area contributed by atoms with Crippen LogP contribution in [0.25, 0.3) is 0 Å². The van der Waals surface area contributed by atoms with Crippen molar-refractivity contribution in [3.05, 3.63) is 70.0 Å². The molecule has 2 aromatic carbocycles. The molecule has 0 heterocycles. The minimum absolute atomic E-state index is 0.307. The predicted octanol–water partition coefficient (Wildman–Crippen LogP) is 4.03. The van der Waals surface area contributed by atoms with E-state index in [0.717, 1.165) is 5.56 Å². The number of hydrogen-bond donors (Lipinski definition) is 1. The third kappa shape index (κ3) is 3.02. The van der Waals surface area contributed by atoms with Crippen LogP contribution >= 0.6 is 0 Å². The molecule has 2 aromatic rings. The Morgan fingerprint density at radius 2 is 1.74 bits per heavy atom. The van der Waals surface area contributed by atoms with Crippen LogP contribution < -0.4 is 0 Å². The highest BCUT2D eigenvalue weighted by Crippen LogP contribution is 2.23. The molecule has 0 aliphatic rings. The van der Waals surface area contributed by atoms with E-state index in [1.165, 1.54) is 11.1 Å². The zero-order valence-electron chi connectivity index (χ0n) is 11.6. The molecule has 1 unspecified atom stereocenters. The first-order chi connectivity index (χ1) is 8.99. The summed E-state index contributed by atoms with van der Waals surface area (Å²) in [4.78, 5) is 0. The van der Waals surface area contributed by atoms with E-state index in [2.05, 4.69) is 6.92 Å². The normalized spacial score (nSPS) is 12.5. The summed E-state index contributed by atoms with van der Waals surface area (Å²) in [6, 6.07) is 11.2. The summed E-state index contributed by atoms with van der Waals surface area (Å²) in [7, 11) is 0. The first kappa shape index (κ1) is 13.8. The minimum Gasteiger partial charge on any atom is -0.388 e. The molecule has 1 N–H and O–H groups in total. The van der Waals surface area contributed by atoms with Crippen molar-refractivity contribution in [2.45, 2.75) is 33.3 Å². The third-order valence-corrected chi connectivity index (χ3v) is 3.58. The maximum absolute atomic E-state index is 13.9. The Morgan fingerprint density at radius 3 is 2.42 bits per heavy atom. The monoisotopic (exact) mass is 258 g/mol. The lowest BCUT2D eigenvalue weighted by Crippen LogP contribution is -2.05. The van der Waals surface area contributed by atoms with Crippen LogP contribution in [0.4, 0.5) is 4.39 Å². The molecule has 0 saturated carbocycles. The van der Waals surface area contributed by atoms with E-state index in [9.17, 15) is 9.50 Å². The fourth-order valence-electron chi connectivity index (χ4n) is 2.19. The van der Waals surface area contributed by atoms with E-state index >= 15 is 0 Å². The van der Waals surface area contributed by atoms with Gasteiger partial charge < -0.3 is 5.11 Å².